The molecule has 0 aliphatic heterocycles. The Morgan fingerprint density at radius 2 is 2.35 bits per heavy atom. The number of rotatable bonds is 5. The molecule has 3 heteroatoms. The van der Waals surface area contributed by atoms with Gasteiger partial charge < -0.3 is 4.74 Å². The Bertz CT molecular complexity index is 438. The highest BCUT2D eigenvalue weighted by molar-refractivity contribution is 6.08. The molecule has 0 aromatic carbocycles. The zero-order valence-electron chi connectivity index (χ0n) is 10.1. The fourth-order valence-corrected chi connectivity index (χ4v) is 1.90. The third-order valence-corrected chi connectivity index (χ3v) is 2.78. The van der Waals surface area contributed by atoms with Crippen molar-refractivity contribution in [2.24, 2.45) is 0 Å². The fraction of sp³-hybridized carbons (Fsp3) is 0.429. The molecular weight excluding hydrogens is 214 g/mol. The standard InChI is InChI=1S/C14H17NO2/c1-2-7-17-13-8-12(9-15-10-13)14(16)11-5-3-4-6-11/h5,8-10H,2-4,6-7H2,1H3. The Morgan fingerprint density at radius 1 is 1.47 bits per heavy atom. The van der Waals surface area contributed by atoms with Crippen LogP contribution in [-0.2, 0) is 0 Å². The zero-order valence-corrected chi connectivity index (χ0v) is 10.1. The Hall–Kier alpha value is -1.64. The highest BCUT2D eigenvalue weighted by Gasteiger charge is 2.16. The molecule has 1 aliphatic rings. The van der Waals surface area contributed by atoms with Crippen molar-refractivity contribution in [2.45, 2.75) is 32.6 Å². The number of carbonyl (C=O) groups excluding carboxylic acids is 1. The van der Waals surface area contributed by atoms with Gasteiger partial charge in [0.1, 0.15) is 5.75 Å². The van der Waals surface area contributed by atoms with Crippen LogP contribution in [0.5, 0.6) is 5.75 Å². The van der Waals surface area contributed by atoms with Gasteiger partial charge in [0.25, 0.3) is 0 Å². The van der Waals surface area contributed by atoms with E-state index in [2.05, 4.69) is 4.98 Å². The lowest BCUT2D eigenvalue weighted by Gasteiger charge is -2.06. The zero-order chi connectivity index (χ0) is 12.1. The van der Waals surface area contributed by atoms with Gasteiger partial charge in [-0.2, -0.15) is 0 Å². The van der Waals surface area contributed by atoms with E-state index in [0.29, 0.717) is 17.9 Å². The highest BCUT2D eigenvalue weighted by atomic mass is 16.5. The van der Waals surface area contributed by atoms with Crippen molar-refractivity contribution in [2.75, 3.05) is 6.61 Å². The van der Waals surface area contributed by atoms with Crippen molar-refractivity contribution >= 4 is 5.78 Å². The topological polar surface area (TPSA) is 39.2 Å². The number of nitrogens with zero attached hydrogens (tertiary/aromatic N) is 1. The second-order valence-electron chi connectivity index (χ2n) is 4.21. The molecular formula is C14H17NO2. The first-order valence-corrected chi connectivity index (χ1v) is 6.13. The lowest BCUT2D eigenvalue weighted by atomic mass is 10.0. The minimum Gasteiger partial charge on any atom is -0.492 e. The molecule has 3 nitrogen and oxygen atoms in total. The minimum atomic E-state index is 0.0944. The first kappa shape index (κ1) is 11.8. The predicted octanol–water partition coefficient (Wildman–Crippen LogP) is 3.16. The first-order valence-electron chi connectivity index (χ1n) is 6.13. The van der Waals surface area contributed by atoms with Crippen LogP contribution in [0.2, 0.25) is 0 Å². The van der Waals surface area contributed by atoms with Gasteiger partial charge in [0.05, 0.1) is 12.8 Å². The van der Waals surface area contributed by atoms with Crippen molar-refractivity contribution in [3.63, 3.8) is 0 Å². The van der Waals surface area contributed by atoms with Gasteiger partial charge in [-0.1, -0.05) is 13.0 Å². The Balaban J connectivity index is 2.12. The third-order valence-electron chi connectivity index (χ3n) is 2.78. The van der Waals surface area contributed by atoms with E-state index in [4.69, 9.17) is 4.74 Å². The van der Waals surface area contributed by atoms with Crippen LogP contribution in [0.4, 0.5) is 0 Å². The maximum atomic E-state index is 12.1. The normalized spacial score (nSPS) is 14.5. The van der Waals surface area contributed by atoms with E-state index in [-0.39, 0.29) is 5.78 Å². The molecule has 0 amide bonds. The molecule has 0 saturated carbocycles. The summed E-state index contributed by atoms with van der Waals surface area (Å²) in [6, 6.07) is 1.78. The molecule has 2 rings (SSSR count). The number of hydrogen-bond donors (Lipinski definition) is 0. The van der Waals surface area contributed by atoms with Crippen LogP contribution in [0.25, 0.3) is 0 Å². The fourth-order valence-electron chi connectivity index (χ4n) is 1.90. The Labute approximate surface area is 102 Å². The van der Waals surface area contributed by atoms with Crippen molar-refractivity contribution < 1.29 is 9.53 Å². The van der Waals surface area contributed by atoms with E-state index in [0.717, 1.165) is 31.3 Å². The van der Waals surface area contributed by atoms with Gasteiger partial charge in [-0.25, -0.2) is 0 Å². The smallest absolute Gasteiger partial charge is 0.190 e. The van der Waals surface area contributed by atoms with E-state index in [9.17, 15) is 4.79 Å². The van der Waals surface area contributed by atoms with Gasteiger partial charge in [0.15, 0.2) is 5.78 Å². The largest absolute Gasteiger partial charge is 0.492 e. The van der Waals surface area contributed by atoms with Crippen LogP contribution in [0.15, 0.2) is 30.1 Å². The van der Waals surface area contributed by atoms with Crippen LogP contribution in [0.3, 0.4) is 0 Å². The molecule has 0 atom stereocenters. The van der Waals surface area contributed by atoms with Crippen molar-refractivity contribution in [1.29, 1.82) is 0 Å². The second-order valence-corrected chi connectivity index (χ2v) is 4.21. The lowest BCUT2D eigenvalue weighted by Crippen LogP contribution is -2.03. The molecule has 0 unspecified atom stereocenters. The molecule has 17 heavy (non-hydrogen) atoms. The van der Waals surface area contributed by atoms with Gasteiger partial charge in [0, 0.05) is 11.8 Å². The molecule has 1 aliphatic carbocycles. The van der Waals surface area contributed by atoms with Gasteiger partial charge in [0.2, 0.25) is 0 Å². The van der Waals surface area contributed by atoms with Gasteiger partial charge in [-0.3, -0.25) is 9.78 Å². The van der Waals surface area contributed by atoms with Crippen molar-refractivity contribution in [1.82, 2.24) is 4.98 Å². The molecule has 0 bridgehead atoms. The molecule has 0 radical (unpaired) electrons. The summed E-state index contributed by atoms with van der Waals surface area (Å²) in [6.45, 7) is 2.70. The Kier molecular flexibility index (Phi) is 3.91. The number of hydrogen-bond acceptors (Lipinski definition) is 3. The molecule has 0 N–H and O–H groups in total. The minimum absolute atomic E-state index is 0.0944. The maximum Gasteiger partial charge on any atom is 0.190 e. The molecule has 1 heterocycles. The number of ketones is 1. The van der Waals surface area contributed by atoms with Crippen LogP contribution in [0, 0.1) is 0 Å². The molecule has 0 spiro atoms. The quantitative estimate of drug-likeness (QED) is 0.731. The van der Waals surface area contributed by atoms with Crippen LogP contribution >= 0.6 is 0 Å². The molecule has 1 aromatic rings. The van der Waals surface area contributed by atoms with Gasteiger partial charge in [-0.05, 0) is 37.3 Å². The number of Topliss-reactive ketones (excluding diaryl/α,β-unsaturated/α-hetero) is 1. The Morgan fingerprint density at radius 3 is 3.06 bits per heavy atom. The van der Waals surface area contributed by atoms with Crippen LogP contribution < -0.4 is 4.74 Å². The van der Waals surface area contributed by atoms with Gasteiger partial charge >= 0.3 is 0 Å². The number of ether oxygens (including phenoxy) is 1. The van der Waals surface area contributed by atoms with Crippen molar-refractivity contribution in [3.8, 4) is 5.75 Å². The summed E-state index contributed by atoms with van der Waals surface area (Å²) >= 11 is 0. The number of aromatic nitrogens is 1. The summed E-state index contributed by atoms with van der Waals surface area (Å²) in [5, 5.41) is 0. The second kappa shape index (κ2) is 5.62. The van der Waals surface area contributed by atoms with Crippen molar-refractivity contribution in [3.05, 3.63) is 35.7 Å². The third kappa shape index (κ3) is 2.93. The summed E-state index contributed by atoms with van der Waals surface area (Å²) < 4.78 is 5.47. The van der Waals surface area contributed by atoms with Crippen LogP contribution in [-0.4, -0.2) is 17.4 Å². The SMILES string of the molecule is CCCOc1cncc(C(=O)C2=CCCC2)c1. The predicted molar refractivity (Wildman–Crippen MR) is 66.3 cm³/mol. The van der Waals surface area contributed by atoms with E-state index >= 15 is 0 Å². The molecule has 90 valence electrons. The summed E-state index contributed by atoms with van der Waals surface area (Å²) in [4.78, 5) is 16.2. The summed E-state index contributed by atoms with van der Waals surface area (Å²) in [7, 11) is 0. The summed E-state index contributed by atoms with van der Waals surface area (Å²) in [5.74, 6) is 0.772. The molecule has 1 aromatic heterocycles. The van der Waals surface area contributed by atoms with E-state index in [1.807, 2.05) is 13.0 Å². The number of pyridine rings is 1. The van der Waals surface area contributed by atoms with Crippen LogP contribution in [0.1, 0.15) is 43.0 Å². The highest BCUT2D eigenvalue weighted by Crippen LogP contribution is 2.23. The monoisotopic (exact) mass is 231 g/mol. The first-order chi connectivity index (χ1) is 8.31. The molecule has 0 fully saturated rings. The number of carbonyl (C=O) groups is 1. The molecule has 0 saturated heterocycles. The van der Waals surface area contributed by atoms with E-state index in [1.165, 1.54) is 0 Å². The van der Waals surface area contributed by atoms with E-state index in [1.54, 1.807) is 18.5 Å². The van der Waals surface area contributed by atoms with E-state index < -0.39 is 0 Å². The maximum absolute atomic E-state index is 12.1. The van der Waals surface area contributed by atoms with Gasteiger partial charge in [-0.15, -0.1) is 0 Å². The average molecular weight is 231 g/mol. The summed E-state index contributed by atoms with van der Waals surface area (Å²) in [5.41, 5.74) is 1.55. The number of allylic oxidation sites excluding steroid dienone is 2. The average Bonchev–Trinajstić information content (AvgIpc) is 2.89. The summed E-state index contributed by atoms with van der Waals surface area (Å²) in [6.07, 6.45) is 9.22. The lowest BCUT2D eigenvalue weighted by molar-refractivity contribution is 0.103.